The summed E-state index contributed by atoms with van der Waals surface area (Å²) >= 11 is 0. The molecule has 0 saturated carbocycles. The number of carboxylic acid groups (broad SMARTS) is 1. The first-order valence-corrected chi connectivity index (χ1v) is 9.84. The smallest absolute Gasteiger partial charge is 0.337 e. The number of carbonyl (C=O) groups excluding carboxylic acids is 1. The number of hydrogen-bond acceptors (Lipinski definition) is 5. The van der Waals surface area contributed by atoms with Gasteiger partial charge >= 0.3 is 5.97 Å². The predicted octanol–water partition coefficient (Wildman–Crippen LogP) is 0.735. The standard InChI is InChI=1S/C17H24N2O6S/c1-12-6-7-13(26(24,25)19-8-4-3-5-9-19)10-14(12)15(20)18-11-17(2,23)16(21)22/h6-7,10,23H,3-5,8-9,11H2,1-2H3,(H,18,20)(H,21,22). The lowest BCUT2D eigenvalue weighted by Gasteiger charge is -2.26. The molecule has 1 atom stereocenters. The number of benzene rings is 1. The van der Waals surface area contributed by atoms with Gasteiger partial charge in [0.15, 0.2) is 5.60 Å². The summed E-state index contributed by atoms with van der Waals surface area (Å²) in [5.74, 6) is -2.10. The van der Waals surface area contributed by atoms with E-state index in [2.05, 4.69) is 5.32 Å². The van der Waals surface area contributed by atoms with Gasteiger partial charge in [-0.15, -0.1) is 0 Å². The molecule has 1 aliphatic rings. The van der Waals surface area contributed by atoms with Crippen LogP contribution in [-0.4, -0.2) is 60.0 Å². The molecule has 1 aliphatic heterocycles. The second kappa shape index (κ2) is 7.73. The molecule has 1 heterocycles. The van der Waals surface area contributed by atoms with Crippen molar-refractivity contribution in [1.82, 2.24) is 9.62 Å². The number of piperidine rings is 1. The van der Waals surface area contributed by atoms with Crippen LogP contribution < -0.4 is 5.32 Å². The van der Waals surface area contributed by atoms with Gasteiger partial charge in [0.1, 0.15) is 0 Å². The predicted molar refractivity (Wildman–Crippen MR) is 94.4 cm³/mol. The molecule has 1 saturated heterocycles. The minimum Gasteiger partial charge on any atom is -0.479 e. The number of nitrogens with zero attached hydrogens (tertiary/aromatic N) is 1. The molecule has 0 radical (unpaired) electrons. The van der Waals surface area contributed by atoms with E-state index in [4.69, 9.17) is 5.11 Å². The van der Waals surface area contributed by atoms with E-state index in [0.717, 1.165) is 26.2 Å². The second-order valence-corrected chi connectivity index (χ2v) is 8.64. The molecule has 0 aromatic heterocycles. The lowest BCUT2D eigenvalue weighted by Crippen LogP contribution is -2.46. The fourth-order valence-electron chi connectivity index (χ4n) is 2.68. The molecule has 1 unspecified atom stereocenters. The average Bonchev–Trinajstić information content (AvgIpc) is 2.60. The third kappa shape index (κ3) is 4.40. The van der Waals surface area contributed by atoms with Gasteiger partial charge in [0.2, 0.25) is 10.0 Å². The van der Waals surface area contributed by atoms with E-state index in [9.17, 15) is 23.1 Å². The summed E-state index contributed by atoms with van der Waals surface area (Å²) in [5, 5.41) is 20.9. The summed E-state index contributed by atoms with van der Waals surface area (Å²) < 4.78 is 26.9. The zero-order valence-corrected chi connectivity index (χ0v) is 15.7. The number of carbonyl (C=O) groups is 2. The van der Waals surface area contributed by atoms with Crippen molar-refractivity contribution in [3.8, 4) is 0 Å². The monoisotopic (exact) mass is 384 g/mol. The lowest BCUT2D eigenvalue weighted by atomic mass is 10.1. The minimum atomic E-state index is -3.68. The molecule has 2 rings (SSSR count). The lowest BCUT2D eigenvalue weighted by molar-refractivity contribution is -0.155. The van der Waals surface area contributed by atoms with E-state index in [0.29, 0.717) is 18.7 Å². The van der Waals surface area contributed by atoms with Crippen molar-refractivity contribution in [3.05, 3.63) is 29.3 Å². The normalized spacial score (nSPS) is 18.1. The first-order valence-electron chi connectivity index (χ1n) is 8.40. The van der Waals surface area contributed by atoms with E-state index < -0.39 is 34.0 Å². The summed E-state index contributed by atoms with van der Waals surface area (Å²) in [6.07, 6.45) is 2.61. The number of hydrogen-bond donors (Lipinski definition) is 3. The van der Waals surface area contributed by atoms with Crippen molar-refractivity contribution in [1.29, 1.82) is 0 Å². The molecular weight excluding hydrogens is 360 g/mol. The highest BCUT2D eigenvalue weighted by molar-refractivity contribution is 7.89. The Bertz CT molecular complexity index is 797. The first kappa shape index (κ1) is 20.3. The zero-order chi connectivity index (χ0) is 19.5. The molecule has 0 aliphatic carbocycles. The summed E-state index contributed by atoms with van der Waals surface area (Å²) in [6, 6.07) is 4.30. The number of amides is 1. The molecule has 0 spiro atoms. The zero-order valence-electron chi connectivity index (χ0n) is 14.9. The molecule has 3 N–H and O–H groups in total. The fourth-order valence-corrected chi connectivity index (χ4v) is 4.23. The number of nitrogens with one attached hydrogen (secondary N) is 1. The second-order valence-electron chi connectivity index (χ2n) is 6.70. The maximum Gasteiger partial charge on any atom is 0.337 e. The van der Waals surface area contributed by atoms with Crippen LogP contribution >= 0.6 is 0 Å². The number of rotatable bonds is 6. The Labute approximate surface area is 152 Å². The Hall–Kier alpha value is -1.97. The van der Waals surface area contributed by atoms with Crippen LogP contribution in [0.2, 0.25) is 0 Å². The van der Waals surface area contributed by atoms with Crippen LogP contribution in [0.3, 0.4) is 0 Å². The van der Waals surface area contributed by atoms with Gasteiger partial charge in [-0.25, -0.2) is 13.2 Å². The summed E-state index contributed by atoms with van der Waals surface area (Å²) in [4.78, 5) is 23.3. The van der Waals surface area contributed by atoms with E-state index in [1.54, 1.807) is 13.0 Å². The first-order chi connectivity index (χ1) is 12.1. The number of aryl methyl sites for hydroxylation is 1. The van der Waals surface area contributed by atoms with Crippen LogP contribution in [-0.2, 0) is 14.8 Å². The maximum absolute atomic E-state index is 12.8. The van der Waals surface area contributed by atoms with Crippen LogP contribution in [0.1, 0.15) is 42.1 Å². The number of aliphatic hydroxyl groups is 1. The molecular formula is C17H24N2O6S. The van der Waals surface area contributed by atoms with Gasteiger partial charge in [0, 0.05) is 18.7 Å². The molecule has 1 aromatic rings. The quantitative estimate of drug-likeness (QED) is 0.664. The van der Waals surface area contributed by atoms with Crippen molar-refractivity contribution in [2.24, 2.45) is 0 Å². The summed E-state index contributed by atoms with van der Waals surface area (Å²) in [5.41, 5.74) is -1.43. The van der Waals surface area contributed by atoms with Crippen LogP contribution in [0.4, 0.5) is 0 Å². The molecule has 1 fully saturated rings. The number of carboxylic acids is 1. The Kier molecular flexibility index (Phi) is 6.05. The highest BCUT2D eigenvalue weighted by Crippen LogP contribution is 2.23. The van der Waals surface area contributed by atoms with Crippen LogP contribution in [0.5, 0.6) is 0 Å². The highest BCUT2D eigenvalue weighted by Gasteiger charge is 2.31. The Morgan fingerprint density at radius 3 is 2.42 bits per heavy atom. The molecule has 0 bridgehead atoms. The Balaban J connectivity index is 2.24. The Morgan fingerprint density at radius 2 is 1.85 bits per heavy atom. The topological polar surface area (TPSA) is 124 Å². The van der Waals surface area contributed by atoms with Gasteiger partial charge < -0.3 is 15.5 Å². The molecule has 144 valence electrons. The van der Waals surface area contributed by atoms with E-state index >= 15 is 0 Å². The van der Waals surface area contributed by atoms with Crippen LogP contribution in [0.25, 0.3) is 0 Å². The van der Waals surface area contributed by atoms with Crippen molar-refractivity contribution < 1.29 is 28.2 Å². The van der Waals surface area contributed by atoms with Gasteiger partial charge in [-0.3, -0.25) is 4.79 Å². The SMILES string of the molecule is Cc1ccc(S(=O)(=O)N2CCCCC2)cc1C(=O)NCC(C)(O)C(=O)O. The van der Waals surface area contributed by atoms with Crippen molar-refractivity contribution in [2.45, 2.75) is 43.6 Å². The molecule has 1 aromatic carbocycles. The fraction of sp³-hybridized carbons (Fsp3) is 0.529. The van der Waals surface area contributed by atoms with Gasteiger partial charge in [-0.2, -0.15) is 4.31 Å². The molecule has 8 nitrogen and oxygen atoms in total. The van der Waals surface area contributed by atoms with E-state index in [-0.39, 0.29) is 10.5 Å². The average molecular weight is 384 g/mol. The third-order valence-corrected chi connectivity index (χ3v) is 6.36. The van der Waals surface area contributed by atoms with E-state index in [1.807, 2.05) is 0 Å². The third-order valence-electron chi connectivity index (χ3n) is 4.46. The van der Waals surface area contributed by atoms with Gasteiger partial charge in [0.25, 0.3) is 5.91 Å². The van der Waals surface area contributed by atoms with Gasteiger partial charge in [0.05, 0.1) is 11.4 Å². The summed E-state index contributed by atoms with van der Waals surface area (Å²) in [7, 11) is -3.68. The van der Waals surface area contributed by atoms with Crippen molar-refractivity contribution >= 4 is 21.9 Å². The van der Waals surface area contributed by atoms with Gasteiger partial charge in [-0.05, 0) is 44.4 Å². The van der Waals surface area contributed by atoms with Crippen LogP contribution in [0.15, 0.2) is 23.1 Å². The molecule has 1 amide bonds. The molecule has 9 heteroatoms. The Morgan fingerprint density at radius 1 is 1.23 bits per heavy atom. The van der Waals surface area contributed by atoms with Crippen molar-refractivity contribution in [2.75, 3.05) is 19.6 Å². The van der Waals surface area contributed by atoms with Crippen LogP contribution in [0, 0.1) is 6.92 Å². The highest BCUT2D eigenvalue weighted by atomic mass is 32.2. The van der Waals surface area contributed by atoms with Gasteiger partial charge in [-0.1, -0.05) is 12.5 Å². The van der Waals surface area contributed by atoms with E-state index in [1.165, 1.54) is 16.4 Å². The maximum atomic E-state index is 12.8. The molecule has 26 heavy (non-hydrogen) atoms. The number of aliphatic carboxylic acids is 1. The largest absolute Gasteiger partial charge is 0.479 e. The van der Waals surface area contributed by atoms with Crippen molar-refractivity contribution in [3.63, 3.8) is 0 Å². The minimum absolute atomic E-state index is 0.0279. The number of sulfonamides is 1. The summed E-state index contributed by atoms with van der Waals surface area (Å²) in [6.45, 7) is 3.14.